The van der Waals surface area contributed by atoms with Crippen molar-refractivity contribution in [2.24, 2.45) is 0 Å². The van der Waals surface area contributed by atoms with Gasteiger partial charge in [-0.1, -0.05) is 12.1 Å². The second kappa shape index (κ2) is 6.58. The van der Waals surface area contributed by atoms with E-state index >= 15 is 0 Å². The van der Waals surface area contributed by atoms with Crippen molar-refractivity contribution >= 4 is 27.5 Å². The summed E-state index contributed by atoms with van der Waals surface area (Å²) in [5.41, 5.74) is 2.06. The number of para-hydroxylation sites is 1. The first-order valence-corrected chi connectivity index (χ1v) is 7.93. The molecule has 0 aliphatic rings. The van der Waals surface area contributed by atoms with Crippen molar-refractivity contribution in [2.75, 3.05) is 13.2 Å². The molecule has 0 spiro atoms. The normalized spacial score (nSPS) is 10.6. The Hall–Kier alpha value is -2.40. The third-order valence-electron chi connectivity index (χ3n) is 3.14. The van der Waals surface area contributed by atoms with Crippen molar-refractivity contribution in [1.29, 1.82) is 0 Å². The lowest BCUT2D eigenvalue weighted by molar-refractivity contribution is -0.122. The van der Waals surface area contributed by atoms with Crippen LogP contribution >= 0.6 is 11.3 Å². The van der Waals surface area contributed by atoms with Gasteiger partial charge in [-0.05, 0) is 43.3 Å². The number of rotatable bonds is 5. The van der Waals surface area contributed by atoms with Crippen molar-refractivity contribution in [3.63, 3.8) is 0 Å². The number of thiazole rings is 1. The van der Waals surface area contributed by atoms with E-state index in [9.17, 15) is 4.79 Å². The second-order valence-corrected chi connectivity index (χ2v) is 5.78. The zero-order valence-corrected chi connectivity index (χ0v) is 13.0. The number of nitrogens with one attached hydrogen (secondary N) is 1. The minimum atomic E-state index is -0.113. The van der Waals surface area contributed by atoms with Gasteiger partial charge in [0.05, 0.1) is 10.2 Å². The minimum Gasteiger partial charge on any atom is -0.484 e. The first-order chi connectivity index (χ1) is 10.8. The quantitative estimate of drug-likeness (QED) is 0.785. The maximum absolute atomic E-state index is 11.4. The fourth-order valence-corrected chi connectivity index (χ4v) is 3.06. The van der Waals surface area contributed by atoms with Gasteiger partial charge in [-0.15, -0.1) is 11.3 Å². The number of likely N-dealkylation sites (N-methyl/N-ethyl adjacent to an activating group) is 1. The fourth-order valence-electron chi connectivity index (χ4n) is 2.09. The van der Waals surface area contributed by atoms with Crippen LogP contribution in [0.15, 0.2) is 48.5 Å². The van der Waals surface area contributed by atoms with Gasteiger partial charge in [-0.3, -0.25) is 4.79 Å². The highest BCUT2D eigenvalue weighted by Crippen LogP contribution is 2.30. The summed E-state index contributed by atoms with van der Waals surface area (Å²) >= 11 is 1.67. The zero-order valence-electron chi connectivity index (χ0n) is 12.2. The molecule has 0 aliphatic carbocycles. The van der Waals surface area contributed by atoms with Crippen molar-refractivity contribution in [3.8, 4) is 16.3 Å². The van der Waals surface area contributed by atoms with Crippen LogP contribution in [0.4, 0.5) is 0 Å². The molecule has 5 heteroatoms. The number of ether oxygens (including phenoxy) is 1. The van der Waals surface area contributed by atoms with E-state index in [-0.39, 0.29) is 12.5 Å². The third-order valence-corrected chi connectivity index (χ3v) is 4.22. The summed E-state index contributed by atoms with van der Waals surface area (Å²) < 4.78 is 6.62. The van der Waals surface area contributed by atoms with E-state index in [0.717, 1.165) is 16.1 Å². The summed E-state index contributed by atoms with van der Waals surface area (Å²) in [6.07, 6.45) is 0. The Bertz CT molecular complexity index is 748. The summed E-state index contributed by atoms with van der Waals surface area (Å²) in [6.45, 7) is 2.53. The molecule has 1 aromatic heterocycles. The second-order valence-electron chi connectivity index (χ2n) is 4.75. The number of benzene rings is 2. The molecule has 112 valence electrons. The lowest BCUT2D eigenvalue weighted by Crippen LogP contribution is -2.28. The molecule has 4 nitrogen and oxygen atoms in total. The smallest absolute Gasteiger partial charge is 0.257 e. The molecule has 0 saturated heterocycles. The van der Waals surface area contributed by atoms with Gasteiger partial charge in [0, 0.05) is 12.1 Å². The van der Waals surface area contributed by atoms with Crippen LogP contribution in [0.5, 0.6) is 5.75 Å². The van der Waals surface area contributed by atoms with E-state index in [1.54, 1.807) is 11.3 Å². The summed E-state index contributed by atoms with van der Waals surface area (Å²) in [4.78, 5) is 16.0. The Balaban J connectivity index is 1.72. The number of aromatic nitrogens is 1. The summed E-state index contributed by atoms with van der Waals surface area (Å²) in [5, 5.41) is 3.68. The molecule has 3 rings (SSSR count). The Labute approximate surface area is 132 Å². The number of hydrogen-bond donors (Lipinski definition) is 1. The molecule has 0 radical (unpaired) electrons. The van der Waals surface area contributed by atoms with Gasteiger partial charge in [0.25, 0.3) is 5.91 Å². The van der Waals surface area contributed by atoms with Gasteiger partial charge in [-0.25, -0.2) is 4.98 Å². The first kappa shape index (κ1) is 14.5. The third kappa shape index (κ3) is 3.26. The standard InChI is InChI=1S/C17H16N2O2S/c1-2-18-16(20)11-21-13-9-7-12(8-10-13)17-19-14-5-3-4-6-15(14)22-17/h3-10H,2,11H2,1H3,(H,18,20). The van der Waals surface area contributed by atoms with E-state index in [1.165, 1.54) is 4.70 Å². The Morgan fingerprint density at radius 3 is 2.68 bits per heavy atom. The van der Waals surface area contributed by atoms with Crippen LogP contribution in [0.2, 0.25) is 0 Å². The van der Waals surface area contributed by atoms with Gasteiger partial charge in [0.15, 0.2) is 6.61 Å². The Morgan fingerprint density at radius 2 is 1.95 bits per heavy atom. The molecular formula is C17H16N2O2S. The van der Waals surface area contributed by atoms with Crippen LogP contribution < -0.4 is 10.1 Å². The fraction of sp³-hybridized carbons (Fsp3) is 0.176. The van der Waals surface area contributed by atoms with E-state index < -0.39 is 0 Å². The van der Waals surface area contributed by atoms with Crippen LogP contribution in [-0.4, -0.2) is 24.0 Å². The lowest BCUT2D eigenvalue weighted by atomic mass is 10.2. The average Bonchev–Trinajstić information content (AvgIpc) is 2.98. The largest absolute Gasteiger partial charge is 0.484 e. The number of nitrogens with zero attached hydrogens (tertiary/aromatic N) is 1. The van der Waals surface area contributed by atoms with Crippen LogP contribution in [0.1, 0.15) is 6.92 Å². The Kier molecular flexibility index (Phi) is 4.34. The first-order valence-electron chi connectivity index (χ1n) is 7.12. The van der Waals surface area contributed by atoms with E-state index in [1.807, 2.05) is 49.4 Å². The highest BCUT2D eigenvalue weighted by atomic mass is 32.1. The number of fused-ring (bicyclic) bond motifs is 1. The molecule has 22 heavy (non-hydrogen) atoms. The van der Waals surface area contributed by atoms with Crippen molar-refractivity contribution in [3.05, 3.63) is 48.5 Å². The van der Waals surface area contributed by atoms with Gasteiger partial charge in [0.1, 0.15) is 10.8 Å². The predicted molar refractivity (Wildman–Crippen MR) is 89.2 cm³/mol. The molecule has 0 aliphatic heterocycles. The summed E-state index contributed by atoms with van der Waals surface area (Å²) in [6, 6.07) is 15.7. The SMILES string of the molecule is CCNC(=O)COc1ccc(-c2nc3ccccc3s2)cc1. The van der Waals surface area contributed by atoms with Gasteiger partial charge in [-0.2, -0.15) is 0 Å². The van der Waals surface area contributed by atoms with Gasteiger partial charge >= 0.3 is 0 Å². The highest BCUT2D eigenvalue weighted by molar-refractivity contribution is 7.21. The van der Waals surface area contributed by atoms with E-state index in [2.05, 4.69) is 16.4 Å². The van der Waals surface area contributed by atoms with Crippen molar-refractivity contribution in [2.45, 2.75) is 6.92 Å². The summed E-state index contributed by atoms with van der Waals surface area (Å²) in [5.74, 6) is 0.564. The van der Waals surface area contributed by atoms with Crippen molar-refractivity contribution in [1.82, 2.24) is 10.3 Å². The van der Waals surface area contributed by atoms with Crippen LogP contribution in [0.3, 0.4) is 0 Å². The predicted octanol–water partition coefficient (Wildman–Crippen LogP) is 3.48. The number of hydrogen-bond acceptors (Lipinski definition) is 4. The van der Waals surface area contributed by atoms with E-state index in [0.29, 0.717) is 12.3 Å². The van der Waals surface area contributed by atoms with Gasteiger partial charge < -0.3 is 10.1 Å². The van der Waals surface area contributed by atoms with Crippen LogP contribution in [0, 0.1) is 0 Å². The molecule has 0 unspecified atom stereocenters. The maximum Gasteiger partial charge on any atom is 0.257 e. The molecule has 2 aromatic carbocycles. The zero-order chi connectivity index (χ0) is 15.4. The van der Waals surface area contributed by atoms with Crippen LogP contribution in [0.25, 0.3) is 20.8 Å². The lowest BCUT2D eigenvalue weighted by Gasteiger charge is -2.06. The molecule has 0 saturated carbocycles. The summed E-state index contributed by atoms with van der Waals surface area (Å²) in [7, 11) is 0. The van der Waals surface area contributed by atoms with Crippen molar-refractivity contribution < 1.29 is 9.53 Å². The van der Waals surface area contributed by atoms with Gasteiger partial charge in [0.2, 0.25) is 0 Å². The number of carbonyl (C=O) groups excluding carboxylic acids is 1. The maximum atomic E-state index is 11.4. The average molecular weight is 312 g/mol. The molecule has 0 bridgehead atoms. The molecule has 0 atom stereocenters. The Morgan fingerprint density at radius 1 is 1.18 bits per heavy atom. The molecule has 3 aromatic rings. The minimum absolute atomic E-state index is 0.0360. The molecular weight excluding hydrogens is 296 g/mol. The molecule has 1 amide bonds. The monoisotopic (exact) mass is 312 g/mol. The topological polar surface area (TPSA) is 51.2 Å². The molecule has 1 N–H and O–H groups in total. The number of carbonyl (C=O) groups is 1. The number of amides is 1. The van der Waals surface area contributed by atoms with E-state index in [4.69, 9.17) is 4.74 Å². The van der Waals surface area contributed by atoms with Crippen LogP contribution in [-0.2, 0) is 4.79 Å². The molecule has 0 fully saturated rings. The highest BCUT2D eigenvalue weighted by Gasteiger charge is 2.06. The molecule has 1 heterocycles.